The van der Waals surface area contributed by atoms with Crippen LogP contribution in [0.15, 0.2) is 58.8 Å². The fourth-order valence-corrected chi connectivity index (χ4v) is 1.19. The Hall–Kier alpha value is -2.23. The first-order valence-electron chi connectivity index (χ1n) is 4.77. The lowest BCUT2D eigenvalue weighted by atomic mass is 10.3. The average molecular weight is 215 g/mol. The van der Waals surface area contributed by atoms with Crippen LogP contribution in [-0.2, 0) is 0 Å². The lowest BCUT2D eigenvalue weighted by Crippen LogP contribution is -1.87. The van der Waals surface area contributed by atoms with E-state index in [1.54, 1.807) is 6.07 Å². The van der Waals surface area contributed by atoms with Crippen molar-refractivity contribution in [2.24, 2.45) is 10.2 Å². The van der Waals surface area contributed by atoms with Gasteiger partial charge in [-0.15, -0.1) is 0 Å². The molecular weight excluding hydrogens is 205 g/mol. The van der Waals surface area contributed by atoms with E-state index in [0.717, 1.165) is 5.69 Å². The molecule has 0 bridgehead atoms. The summed E-state index contributed by atoms with van der Waals surface area (Å²) in [6.45, 7) is 0. The van der Waals surface area contributed by atoms with Crippen molar-refractivity contribution in [3.63, 3.8) is 0 Å². The zero-order valence-corrected chi connectivity index (χ0v) is 8.47. The molecule has 0 fully saturated rings. The Morgan fingerprint density at radius 1 is 0.875 bits per heavy atom. The molecule has 2 rings (SSSR count). The maximum atomic E-state index is 13.1. The average Bonchev–Trinajstić information content (AvgIpc) is 2.32. The number of nitrogens with two attached hydrogens (primary N) is 1. The molecule has 0 unspecified atom stereocenters. The van der Waals surface area contributed by atoms with E-state index in [4.69, 9.17) is 5.73 Å². The first-order chi connectivity index (χ1) is 7.75. The van der Waals surface area contributed by atoms with Gasteiger partial charge in [0.1, 0.15) is 5.82 Å². The van der Waals surface area contributed by atoms with Crippen LogP contribution in [0.5, 0.6) is 0 Å². The summed E-state index contributed by atoms with van der Waals surface area (Å²) in [4.78, 5) is 0. The van der Waals surface area contributed by atoms with E-state index in [0.29, 0.717) is 5.69 Å². The van der Waals surface area contributed by atoms with Crippen molar-refractivity contribution >= 4 is 17.1 Å². The van der Waals surface area contributed by atoms with E-state index in [-0.39, 0.29) is 5.69 Å². The SMILES string of the molecule is Nc1ccc(N=Nc2ccccc2)cc1F. The topological polar surface area (TPSA) is 50.7 Å². The Labute approximate surface area is 92.4 Å². The Kier molecular flexibility index (Phi) is 2.91. The molecule has 0 radical (unpaired) electrons. The number of halogens is 1. The van der Waals surface area contributed by atoms with Crippen molar-refractivity contribution < 1.29 is 4.39 Å². The van der Waals surface area contributed by atoms with E-state index in [2.05, 4.69) is 10.2 Å². The molecule has 0 heterocycles. The molecule has 3 nitrogen and oxygen atoms in total. The van der Waals surface area contributed by atoms with Gasteiger partial charge in [0, 0.05) is 6.07 Å². The number of rotatable bonds is 2. The van der Waals surface area contributed by atoms with Crippen LogP contribution in [0, 0.1) is 5.82 Å². The number of nitrogens with zero attached hydrogens (tertiary/aromatic N) is 2. The molecule has 0 spiro atoms. The summed E-state index contributed by atoms with van der Waals surface area (Å²) in [5.41, 5.74) is 6.62. The first kappa shape index (κ1) is 10.3. The van der Waals surface area contributed by atoms with Crippen molar-refractivity contribution in [3.8, 4) is 0 Å². The van der Waals surface area contributed by atoms with Crippen LogP contribution >= 0.6 is 0 Å². The molecule has 2 N–H and O–H groups in total. The minimum atomic E-state index is -0.482. The lowest BCUT2D eigenvalue weighted by Gasteiger charge is -1.96. The van der Waals surface area contributed by atoms with Gasteiger partial charge in [0.25, 0.3) is 0 Å². The van der Waals surface area contributed by atoms with Crippen LogP contribution in [-0.4, -0.2) is 0 Å². The molecule has 2 aromatic carbocycles. The van der Waals surface area contributed by atoms with Crippen LogP contribution < -0.4 is 5.73 Å². The summed E-state index contributed by atoms with van der Waals surface area (Å²) < 4.78 is 13.1. The van der Waals surface area contributed by atoms with E-state index in [9.17, 15) is 4.39 Å². The highest BCUT2D eigenvalue weighted by Crippen LogP contribution is 2.21. The molecule has 0 saturated carbocycles. The largest absolute Gasteiger partial charge is 0.396 e. The van der Waals surface area contributed by atoms with Crippen LogP contribution in [0.2, 0.25) is 0 Å². The third-order valence-corrected chi connectivity index (χ3v) is 2.02. The summed E-state index contributed by atoms with van der Waals surface area (Å²) in [7, 11) is 0. The molecule has 16 heavy (non-hydrogen) atoms. The van der Waals surface area contributed by atoms with Crippen LogP contribution in [0.3, 0.4) is 0 Å². The maximum Gasteiger partial charge on any atom is 0.148 e. The van der Waals surface area contributed by atoms with E-state index in [1.807, 2.05) is 30.3 Å². The highest BCUT2D eigenvalue weighted by atomic mass is 19.1. The number of hydrogen-bond donors (Lipinski definition) is 1. The van der Waals surface area contributed by atoms with E-state index >= 15 is 0 Å². The number of nitrogen functional groups attached to an aromatic ring is 1. The molecule has 0 aliphatic carbocycles. The molecule has 0 saturated heterocycles. The summed E-state index contributed by atoms with van der Waals surface area (Å²) in [5.74, 6) is -0.482. The van der Waals surface area contributed by atoms with Crippen molar-refractivity contribution in [3.05, 3.63) is 54.3 Å². The predicted molar refractivity (Wildman–Crippen MR) is 61.4 cm³/mol. The van der Waals surface area contributed by atoms with Gasteiger partial charge < -0.3 is 5.73 Å². The number of benzene rings is 2. The second-order valence-corrected chi connectivity index (χ2v) is 3.24. The van der Waals surface area contributed by atoms with Crippen LogP contribution in [0.4, 0.5) is 21.5 Å². The molecule has 0 atom stereocenters. The fraction of sp³-hybridized carbons (Fsp3) is 0. The van der Waals surface area contributed by atoms with Crippen LogP contribution in [0.25, 0.3) is 0 Å². The van der Waals surface area contributed by atoms with Gasteiger partial charge in [-0.05, 0) is 24.3 Å². The third kappa shape index (κ3) is 2.42. The quantitative estimate of drug-likeness (QED) is 0.600. The molecule has 0 aliphatic heterocycles. The summed E-state index contributed by atoms with van der Waals surface area (Å²) in [6, 6.07) is 13.6. The predicted octanol–water partition coefficient (Wildman–Crippen LogP) is 3.82. The van der Waals surface area contributed by atoms with E-state index < -0.39 is 5.82 Å². The Morgan fingerprint density at radius 3 is 2.25 bits per heavy atom. The van der Waals surface area contributed by atoms with Crippen molar-refractivity contribution in [2.45, 2.75) is 0 Å². The Bertz CT molecular complexity index is 509. The monoisotopic (exact) mass is 215 g/mol. The molecule has 2 aromatic rings. The van der Waals surface area contributed by atoms with Gasteiger partial charge in [0.2, 0.25) is 0 Å². The Balaban J connectivity index is 2.21. The van der Waals surface area contributed by atoms with Gasteiger partial charge in [0.15, 0.2) is 0 Å². The third-order valence-electron chi connectivity index (χ3n) is 2.02. The normalized spacial score (nSPS) is 10.8. The van der Waals surface area contributed by atoms with Gasteiger partial charge in [-0.2, -0.15) is 10.2 Å². The summed E-state index contributed by atoms with van der Waals surface area (Å²) >= 11 is 0. The maximum absolute atomic E-state index is 13.1. The minimum Gasteiger partial charge on any atom is -0.396 e. The van der Waals surface area contributed by atoms with Crippen molar-refractivity contribution in [1.29, 1.82) is 0 Å². The van der Waals surface area contributed by atoms with E-state index in [1.165, 1.54) is 12.1 Å². The van der Waals surface area contributed by atoms with Gasteiger partial charge >= 0.3 is 0 Å². The highest BCUT2D eigenvalue weighted by Gasteiger charge is 1.98. The lowest BCUT2D eigenvalue weighted by molar-refractivity contribution is 0.632. The molecule has 0 amide bonds. The zero-order valence-electron chi connectivity index (χ0n) is 8.47. The number of azo groups is 1. The zero-order chi connectivity index (χ0) is 11.4. The minimum absolute atomic E-state index is 0.110. The summed E-state index contributed by atoms with van der Waals surface area (Å²) in [6.07, 6.45) is 0. The standard InChI is InChI=1S/C12H10FN3/c13-11-8-10(6-7-12(11)14)16-15-9-4-2-1-3-5-9/h1-8H,14H2. The van der Waals surface area contributed by atoms with Crippen molar-refractivity contribution in [1.82, 2.24) is 0 Å². The second kappa shape index (κ2) is 4.53. The van der Waals surface area contributed by atoms with Gasteiger partial charge in [-0.3, -0.25) is 0 Å². The highest BCUT2D eigenvalue weighted by molar-refractivity contribution is 5.49. The van der Waals surface area contributed by atoms with Crippen LogP contribution in [0.1, 0.15) is 0 Å². The van der Waals surface area contributed by atoms with Crippen molar-refractivity contribution in [2.75, 3.05) is 5.73 Å². The molecule has 80 valence electrons. The molecule has 4 heteroatoms. The molecule has 0 aliphatic rings. The molecule has 0 aromatic heterocycles. The second-order valence-electron chi connectivity index (χ2n) is 3.24. The van der Waals surface area contributed by atoms with Gasteiger partial charge in [0.05, 0.1) is 17.1 Å². The van der Waals surface area contributed by atoms with Gasteiger partial charge in [-0.25, -0.2) is 4.39 Å². The number of anilines is 1. The fourth-order valence-electron chi connectivity index (χ4n) is 1.19. The smallest absolute Gasteiger partial charge is 0.148 e. The van der Waals surface area contributed by atoms with Gasteiger partial charge in [-0.1, -0.05) is 18.2 Å². The number of hydrogen-bond acceptors (Lipinski definition) is 3. The first-order valence-corrected chi connectivity index (χ1v) is 4.77. The molecular formula is C12H10FN3. The Morgan fingerprint density at radius 2 is 1.56 bits per heavy atom. The summed E-state index contributed by atoms with van der Waals surface area (Å²) in [5, 5.41) is 7.87.